The number of nitriles is 1. The zero-order chi connectivity index (χ0) is 14.5. The number of hydrogen-bond donors (Lipinski definition) is 1. The number of methoxy groups -OCH3 is 1. The van der Waals surface area contributed by atoms with Crippen molar-refractivity contribution in [3.63, 3.8) is 0 Å². The van der Waals surface area contributed by atoms with Gasteiger partial charge in [0.05, 0.1) is 12.7 Å². The van der Waals surface area contributed by atoms with Crippen molar-refractivity contribution in [2.75, 3.05) is 12.8 Å². The Kier molecular flexibility index (Phi) is 4.49. The minimum absolute atomic E-state index is 0.0624. The Morgan fingerprint density at radius 3 is 2.80 bits per heavy atom. The molecule has 0 atom stereocenters. The van der Waals surface area contributed by atoms with Crippen molar-refractivity contribution in [1.82, 2.24) is 0 Å². The number of nitrogens with two attached hydrogens (primary N) is 1. The van der Waals surface area contributed by atoms with Crippen LogP contribution in [0, 0.1) is 17.1 Å². The first kappa shape index (κ1) is 14.2. The van der Waals surface area contributed by atoms with Gasteiger partial charge in [-0.15, -0.1) is 11.8 Å². The fourth-order valence-corrected chi connectivity index (χ4v) is 2.66. The number of hydrogen-bond acceptors (Lipinski definition) is 4. The monoisotopic (exact) mass is 288 g/mol. The average molecular weight is 288 g/mol. The standard InChI is InChI=1S/C15H13FN2OS/c1-19-14-7-12(18)3-5-15(14)20-9-10-2-4-13(16)11(6-10)8-17/h2-7H,9,18H2,1H3. The molecule has 0 amide bonds. The molecule has 5 heteroatoms. The molecule has 0 aromatic heterocycles. The van der Waals surface area contributed by atoms with Crippen molar-refractivity contribution >= 4 is 17.4 Å². The lowest BCUT2D eigenvalue weighted by molar-refractivity contribution is 0.405. The second-order valence-corrected chi connectivity index (χ2v) is 5.14. The lowest BCUT2D eigenvalue weighted by atomic mass is 10.1. The molecule has 0 radical (unpaired) electrons. The Morgan fingerprint density at radius 1 is 1.30 bits per heavy atom. The average Bonchev–Trinajstić information content (AvgIpc) is 2.47. The van der Waals surface area contributed by atoms with Gasteiger partial charge in [-0.05, 0) is 29.8 Å². The quantitative estimate of drug-likeness (QED) is 0.690. The van der Waals surface area contributed by atoms with Gasteiger partial charge in [-0.3, -0.25) is 0 Å². The topological polar surface area (TPSA) is 59.0 Å². The highest BCUT2D eigenvalue weighted by Gasteiger charge is 2.07. The highest BCUT2D eigenvalue weighted by atomic mass is 32.2. The van der Waals surface area contributed by atoms with Crippen LogP contribution in [0.4, 0.5) is 10.1 Å². The predicted molar refractivity (Wildman–Crippen MR) is 78.1 cm³/mol. The summed E-state index contributed by atoms with van der Waals surface area (Å²) in [6.07, 6.45) is 0. The third-order valence-electron chi connectivity index (χ3n) is 2.73. The second-order valence-electron chi connectivity index (χ2n) is 4.12. The number of rotatable bonds is 4. The molecule has 102 valence electrons. The van der Waals surface area contributed by atoms with Crippen molar-refractivity contribution in [2.24, 2.45) is 0 Å². The normalized spacial score (nSPS) is 10.1. The van der Waals surface area contributed by atoms with E-state index in [2.05, 4.69) is 0 Å². The van der Waals surface area contributed by atoms with Gasteiger partial charge in [0.25, 0.3) is 0 Å². The maximum atomic E-state index is 13.2. The van der Waals surface area contributed by atoms with Crippen LogP contribution in [0.25, 0.3) is 0 Å². The summed E-state index contributed by atoms with van der Waals surface area (Å²) in [7, 11) is 1.59. The van der Waals surface area contributed by atoms with E-state index in [1.807, 2.05) is 12.1 Å². The van der Waals surface area contributed by atoms with Crippen LogP contribution in [-0.2, 0) is 5.75 Å². The highest BCUT2D eigenvalue weighted by Crippen LogP contribution is 2.33. The molecule has 0 aliphatic rings. The maximum Gasteiger partial charge on any atom is 0.140 e. The van der Waals surface area contributed by atoms with E-state index in [1.165, 1.54) is 6.07 Å². The first-order valence-electron chi connectivity index (χ1n) is 5.89. The van der Waals surface area contributed by atoms with E-state index in [9.17, 15) is 4.39 Å². The molecular weight excluding hydrogens is 275 g/mol. The van der Waals surface area contributed by atoms with Gasteiger partial charge in [0.1, 0.15) is 17.6 Å². The summed E-state index contributed by atoms with van der Waals surface area (Å²) in [4.78, 5) is 0.949. The number of ether oxygens (including phenoxy) is 1. The fraction of sp³-hybridized carbons (Fsp3) is 0.133. The van der Waals surface area contributed by atoms with Crippen LogP contribution in [0.1, 0.15) is 11.1 Å². The first-order chi connectivity index (χ1) is 9.63. The lowest BCUT2D eigenvalue weighted by Crippen LogP contribution is -1.91. The zero-order valence-electron chi connectivity index (χ0n) is 10.9. The second kappa shape index (κ2) is 6.31. The van der Waals surface area contributed by atoms with E-state index in [4.69, 9.17) is 15.7 Å². The Labute approximate surface area is 121 Å². The molecule has 0 fully saturated rings. The van der Waals surface area contributed by atoms with E-state index in [-0.39, 0.29) is 5.56 Å². The molecule has 2 rings (SSSR count). The van der Waals surface area contributed by atoms with Gasteiger partial charge in [0.2, 0.25) is 0 Å². The molecule has 0 aliphatic carbocycles. The van der Waals surface area contributed by atoms with Crippen molar-refractivity contribution in [2.45, 2.75) is 10.6 Å². The molecule has 0 saturated heterocycles. The zero-order valence-corrected chi connectivity index (χ0v) is 11.7. The first-order valence-corrected chi connectivity index (χ1v) is 6.87. The Balaban J connectivity index is 2.15. The molecule has 0 spiro atoms. The van der Waals surface area contributed by atoms with Crippen LogP contribution in [0.2, 0.25) is 0 Å². The Hall–Kier alpha value is -2.19. The van der Waals surface area contributed by atoms with Crippen molar-refractivity contribution in [3.05, 3.63) is 53.3 Å². The summed E-state index contributed by atoms with van der Waals surface area (Å²) in [6.45, 7) is 0. The summed E-state index contributed by atoms with van der Waals surface area (Å²) >= 11 is 1.55. The maximum absolute atomic E-state index is 13.2. The smallest absolute Gasteiger partial charge is 0.140 e. The lowest BCUT2D eigenvalue weighted by Gasteiger charge is -2.09. The molecule has 0 heterocycles. The summed E-state index contributed by atoms with van der Waals surface area (Å²) < 4.78 is 18.5. The van der Waals surface area contributed by atoms with Gasteiger partial charge >= 0.3 is 0 Å². The molecule has 0 bridgehead atoms. The van der Waals surface area contributed by atoms with Crippen molar-refractivity contribution in [1.29, 1.82) is 5.26 Å². The van der Waals surface area contributed by atoms with Gasteiger partial charge < -0.3 is 10.5 Å². The summed E-state index contributed by atoms with van der Waals surface area (Å²) in [5.74, 6) is 0.832. The number of anilines is 1. The predicted octanol–water partition coefficient (Wildman–Crippen LogP) is 3.58. The third kappa shape index (κ3) is 3.22. The minimum atomic E-state index is -0.494. The van der Waals surface area contributed by atoms with Crippen LogP contribution in [-0.4, -0.2) is 7.11 Å². The molecule has 0 saturated carbocycles. The highest BCUT2D eigenvalue weighted by molar-refractivity contribution is 7.98. The molecule has 2 aromatic carbocycles. The van der Waals surface area contributed by atoms with Crippen molar-refractivity contribution in [3.8, 4) is 11.8 Å². The minimum Gasteiger partial charge on any atom is -0.496 e. The van der Waals surface area contributed by atoms with Gasteiger partial charge in [-0.25, -0.2) is 4.39 Å². The van der Waals surface area contributed by atoms with E-state index in [1.54, 1.807) is 43.1 Å². The molecular formula is C15H13FN2OS. The number of halogens is 1. The van der Waals surface area contributed by atoms with E-state index < -0.39 is 5.82 Å². The molecule has 20 heavy (non-hydrogen) atoms. The molecule has 2 aromatic rings. The largest absolute Gasteiger partial charge is 0.496 e. The SMILES string of the molecule is COc1cc(N)ccc1SCc1ccc(F)c(C#N)c1. The van der Waals surface area contributed by atoms with Crippen LogP contribution in [0.3, 0.4) is 0 Å². The van der Waals surface area contributed by atoms with Gasteiger partial charge in [0.15, 0.2) is 0 Å². The summed E-state index contributed by atoms with van der Waals surface area (Å²) in [6, 6.07) is 11.8. The molecule has 0 unspecified atom stereocenters. The number of nitrogen functional groups attached to an aromatic ring is 1. The van der Waals surface area contributed by atoms with Crippen LogP contribution >= 0.6 is 11.8 Å². The van der Waals surface area contributed by atoms with Crippen molar-refractivity contribution < 1.29 is 9.13 Å². The van der Waals surface area contributed by atoms with Gasteiger partial charge in [0, 0.05) is 22.4 Å². The van der Waals surface area contributed by atoms with Crippen LogP contribution < -0.4 is 10.5 Å². The Morgan fingerprint density at radius 2 is 2.10 bits per heavy atom. The van der Waals surface area contributed by atoms with Gasteiger partial charge in [-0.2, -0.15) is 5.26 Å². The summed E-state index contributed by atoms with van der Waals surface area (Å²) in [5.41, 5.74) is 7.28. The number of nitrogens with zero attached hydrogens (tertiary/aromatic N) is 1. The van der Waals surface area contributed by atoms with E-state index >= 15 is 0 Å². The van der Waals surface area contributed by atoms with Gasteiger partial charge in [-0.1, -0.05) is 6.07 Å². The molecule has 2 N–H and O–H groups in total. The van der Waals surface area contributed by atoms with Crippen LogP contribution in [0.15, 0.2) is 41.3 Å². The third-order valence-corrected chi connectivity index (χ3v) is 3.86. The number of benzene rings is 2. The van der Waals surface area contributed by atoms with E-state index in [0.29, 0.717) is 17.2 Å². The van der Waals surface area contributed by atoms with E-state index in [0.717, 1.165) is 10.5 Å². The fourth-order valence-electron chi connectivity index (χ4n) is 1.71. The summed E-state index contributed by atoms with van der Waals surface area (Å²) in [5, 5.41) is 8.81. The molecule has 3 nitrogen and oxygen atoms in total. The number of thioether (sulfide) groups is 1. The molecule has 0 aliphatic heterocycles. The van der Waals surface area contributed by atoms with Crippen LogP contribution in [0.5, 0.6) is 5.75 Å². The Bertz CT molecular complexity index is 667.